The minimum atomic E-state index is -0.338. The molecule has 0 aromatic heterocycles. The number of anilines is 2. The van der Waals surface area contributed by atoms with Crippen molar-refractivity contribution in [2.24, 2.45) is 0 Å². The molecule has 0 atom stereocenters. The van der Waals surface area contributed by atoms with Crippen LogP contribution in [0.25, 0.3) is 0 Å². The number of ether oxygens (including phenoxy) is 1. The lowest BCUT2D eigenvalue weighted by Crippen LogP contribution is -2.40. The smallest absolute Gasteiger partial charge is 0.251 e. The fourth-order valence-corrected chi connectivity index (χ4v) is 2.83. The van der Waals surface area contributed by atoms with E-state index >= 15 is 0 Å². The zero-order chi connectivity index (χ0) is 23.6. The Bertz CT molecular complexity index is 938. The van der Waals surface area contributed by atoms with Gasteiger partial charge in [0.15, 0.2) is 0 Å². The second-order valence-electron chi connectivity index (χ2n) is 8.37. The normalized spacial score (nSPS) is 10.9. The molecule has 0 saturated carbocycles. The Kier molecular flexibility index (Phi) is 9.22. The molecule has 2 aromatic rings. The summed E-state index contributed by atoms with van der Waals surface area (Å²) < 4.78 is 4.96. The first kappa shape index (κ1) is 24.9. The van der Waals surface area contributed by atoms with Crippen LogP contribution >= 0.6 is 0 Å². The molecule has 0 spiro atoms. The SMILES string of the molecule is COCCCNC(=O)c1cccc(NC(=O)CNc2cccc(C(=O)NC(C)(C)C)c2)c1. The second-order valence-corrected chi connectivity index (χ2v) is 8.37. The highest BCUT2D eigenvalue weighted by atomic mass is 16.5. The maximum atomic E-state index is 12.3. The van der Waals surface area contributed by atoms with Gasteiger partial charge in [-0.2, -0.15) is 0 Å². The minimum Gasteiger partial charge on any atom is -0.385 e. The van der Waals surface area contributed by atoms with Gasteiger partial charge in [0, 0.05) is 48.3 Å². The van der Waals surface area contributed by atoms with Crippen LogP contribution in [0.15, 0.2) is 48.5 Å². The van der Waals surface area contributed by atoms with Crippen LogP contribution in [0.1, 0.15) is 47.9 Å². The van der Waals surface area contributed by atoms with Gasteiger partial charge in [0.2, 0.25) is 5.91 Å². The van der Waals surface area contributed by atoms with Crippen LogP contribution in [0.3, 0.4) is 0 Å². The molecular weight excluding hydrogens is 408 g/mol. The van der Waals surface area contributed by atoms with E-state index in [-0.39, 0.29) is 29.8 Å². The fourth-order valence-electron chi connectivity index (χ4n) is 2.83. The van der Waals surface area contributed by atoms with E-state index in [1.54, 1.807) is 55.6 Å². The molecule has 172 valence electrons. The molecule has 8 nitrogen and oxygen atoms in total. The van der Waals surface area contributed by atoms with E-state index < -0.39 is 0 Å². The summed E-state index contributed by atoms with van der Waals surface area (Å²) in [7, 11) is 1.61. The van der Waals surface area contributed by atoms with Crippen molar-refractivity contribution in [2.45, 2.75) is 32.7 Å². The molecule has 0 aliphatic carbocycles. The first-order valence-electron chi connectivity index (χ1n) is 10.5. The molecule has 0 aliphatic heterocycles. The molecule has 2 rings (SSSR count). The number of rotatable bonds is 10. The summed E-state index contributed by atoms with van der Waals surface area (Å²) in [4.78, 5) is 36.9. The number of nitrogens with one attached hydrogen (secondary N) is 4. The third-order valence-electron chi connectivity index (χ3n) is 4.29. The molecule has 0 fully saturated rings. The van der Waals surface area contributed by atoms with E-state index in [9.17, 15) is 14.4 Å². The van der Waals surface area contributed by atoms with Crippen LogP contribution in [0.4, 0.5) is 11.4 Å². The average molecular weight is 441 g/mol. The van der Waals surface area contributed by atoms with Crippen molar-refractivity contribution in [3.8, 4) is 0 Å². The molecule has 8 heteroatoms. The predicted octanol–water partition coefficient (Wildman–Crippen LogP) is 3.03. The quantitative estimate of drug-likeness (QED) is 0.425. The number of amides is 3. The Hall–Kier alpha value is -3.39. The molecule has 0 radical (unpaired) electrons. The lowest BCUT2D eigenvalue weighted by molar-refractivity contribution is -0.114. The van der Waals surface area contributed by atoms with Crippen LogP contribution in [0, 0.1) is 0 Å². The molecule has 0 unspecified atom stereocenters. The molecule has 0 bridgehead atoms. The average Bonchev–Trinajstić information content (AvgIpc) is 2.74. The summed E-state index contributed by atoms with van der Waals surface area (Å²) in [6, 6.07) is 13.7. The summed E-state index contributed by atoms with van der Waals surface area (Å²) in [5.74, 6) is -0.657. The van der Waals surface area contributed by atoms with Gasteiger partial charge in [-0.25, -0.2) is 0 Å². The molecule has 4 N–H and O–H groups in total. The van der Waals surface area contributed by atoms with Gasteiger partial charge >= 0.3 is 0 Å². The van der Waals surface area contributed by atoms with Gasteiger partial charge < -0.3 is 26.0 Å². The summed E-state index contributed by atoms with van der Waals surface area (Å²) in [5.41, 5.74) is 1.82. The summed E-state index contributed by atoms with van der Waals surface area (Å²) in [5, 5.41) is 11.5. The number of hydrogen-bond donors (Lipinski definition) is 4. The van der Waals surface area contributed by atoms with Gasteiger partial charge in [0.1, 0.15) is 0 Å². The molecule has 0 aliphatic rings. The van der Waals surface area contributed by atoms with Crippen molar-refractivity contribution in [3.63, 3.8) is 0 Å². The summed E-state index contributed by atoms with van der Waals surface area (Å²) in [6.07, 6.45) is 0.726. The van der Waals surface area contributed by atoms with Crippen molar-refractivity contribution >= 4 is 29.1 Å². The number of methoxy groups -OCH3 is 1. The number of carbonyl (C=O) groups excluding carboxylic acids is 3. The molecule has 3 amide bonds. The number of hydrogen-bond acceptors (Lipinski definition) is 5. The highest BCUT2D eigenvalue weighted by Gasteiger charge is 2.15. The lowest BCUT2D eigenvalue weighted by Gasteiger charge is -2.20. The van der Waals surface area contributed by atoms with Crippen molar-refractivity contribution in [1.82, 2.24) is 10.6 Å². The van der Waals surface area contributed by atoms with Crippen molar-refractivity contribution in [2.75, 3.05) is 37.4 Å². The highest BCUT2D eigenvalue weighted by Crippen LogP contribution is 2.13. The third kappa shape index (κ3) is 8.77. The minimum absolute atomic E-state index is 0.0117. The molecule has 2 aromatic carbocycles. The van der Waals surface area contributed by atoms with Crippen LogP contribution in [0.2, 0.25) is 0 Å². The van der Waals surface area contributed by atoms with Crippen LogP contribution in [0.5, 0.6) is 0 Å². The molecule has 0 heterocycles. The van der Waals surface area contributed by atoms with Gasteiger partial charge in [-0.3, -0.25) is 14.4 Å². The second kappa shape index (κ2) is 11.9. The van der Waals surface area contributed by atoms with Gasteiger partial charge in [0.05, 0.1) is 6.54 Å². The van der Waals surface area contributed by atoms with E-state index in [1.807, 2.05) is 20.8 Å². The van der Waals surface area contributed by atoms with Gasteiger partial charge in [0.25, 0.3) is 11.8 Å². The first-order valence-corrected chi connectivity index (χ1v) is 10.5. The maximum absolute atomic E-state index is 12.3. The molecular formula is C24H32N4O4. The zero-order valence-electron chi connectivity index (χ0n) is 19.1. The van der Waals surface area contributed by atoms with Crippen molar-refractivity contribution in [3.05, 3.63) is 59.7 Å². The maximum Gasteiger partial charge on any atom is 0.251 e. The Labute approximate surface area is 189 Å². The Balaban J connectivity index is 1.89. The zero-order valence-corrected chi connectivity index (χ0v) is 19.1. The van der Waals surface area contributed by atoms with Crippen LogP contribution < -0.4 is 21.3 Å². The topological polar surface area (TPSA) is 109 Å². The number of carbonyl (C=O) groups is 3. The van der Waals surface area contributed by atoms with E-state index in [4.69, 9.17) is 4.74 Å². The Morgan fingerprint density at radius 2 is 1.53 bits per heavy atom. The van der Waals surface area contributed by atoms with Crippen LogP contribution in [-0.4, -0.2) is 50.1 Å². The van der Waals surface area contributed by atoms with Crippen molar-refractivity contribution in [1.29, 1.82) is 0 Å². The van der Waals surface area contributed by atoms with Gasteiger partial charge in [-0.1, -0.05) is 12.1 Å². The molecule has 0 saturated heterocycles. The first-order chi connectivity index (χ1) is 15.2. The predicted molar refractivity (Wildman–Crippen MR) is 126 cm³/mol. The monoisotopic (exact) mass is 440 g/mol. The van der Waals surface area contributed by atoms with Gasteiger partial charge in [-0.15, -0.1) is 0 Å². The Morgan fingerprint density at radius 1 is 0.906 bits per heavy atom. The van der Waals surface area contributed by atoms with Gasteiger partial charge in [-0.05, 0) is 63.6 Å². The van der Waals surface area contributed by atoms with E-state index in [0.29, 0.717) is 35.7 Å². The number of benzene rings is 2. The summed E-state index contributed by atoms with van der Waals surface area (Å²) >= 11 is 0. The van der Waals surface area contributed by atoms with E-state index in [2.05, 4.69) is 21.3 Å². The fraction of sp³-hybridized carbons (Fsp3) is 0.375. The third-order valence-corrected chi connectivity index (χ3v) is 4.29. The van der Waals surface area contributed by atoms with Crippen molar-refractivity contribution < 1.29 is 19.1 Å². The van der Waals surface area contributed by atoms with E-state index in [1.165, 1.54) is 0 Å². The highest BCUT2D eigenvalue weighted by molar-refractivity contribution is 5.98. The van der Waals surface area contributed by atoms with E-state index in [0.717, 1.165) is 6.42 Å². The standard InChI is InChI=1S/C24H32N4O4/c1-24(2,3)28-23(31)18-9-5-10-19(14-18)26-16-21(29)27-20-11-6-8-17(15-20)22(30)25-12-7-13-32-4/h5-6,8-11,14-15,26H,7,12-13,16H2,1-4H3,(H,25,30)(H,27,29)(H,28,31). The van der Waals surface area contributed by atoms with Crippen LogP contribution in [-0.2, 0) is 9.53 Å². The molecule has 32 heavy (non-hydrogen) atoms. The lowest BCUT2D eigenvalue weighted by atomic mass is 10.1. The Morgan fingerprint density at radius 3 is 2.19 bits per heavy atom. The largest absolute Gasteiger partial charge is 0.385 e. The summed E-state index contributed by atoms with van der Waals surface area (Å²) in [6.45, 7) is 6.84.